The van der Waals surface area contributed by atoms with Crippen LogP contribution in [0.4, 0.5) is 0 Å². The van der Waals surface area contributed by atoms with E-state index in [-0.39, 0.29) is 5.41 Å². The largest absolute Gasteiger partial charge is 0.309 e. The van der Waals surface area contributed by atoms with Gasteiger partial charge in [-0.3, -0.25) is 0 Å². The Bertz CT molecular complexity index is 575. The van der Waals surface area contributed by atoms with Crippen LogP contribution >= 0.6 is 28.6 Å². The summed E-state index contributed by atoms with van der Waals surface area (Å²) in [6, 6.07) is 8.43. The van der Waals surface area contributed by atoms with E-state index in [4.69, 9.17) is 0 Å². The summed E-state index contributed by atoms with van der Waals surface area (Å²) in [5, 5.41) is 8.98. The van der Waals surface area contributed by atoms with Gasteiger partial charge in [-0.05, 0) is 30.5 Å². The van der Waals surface area contributed by atoms with Crippen molar-refractivity contribution in [3.63, 3.8) is 0 Å². The van der Waals surface area contributed by atoms with Crippen molar-refractivity contribution in [1.29, 1.82) is 0 Å². The summed E-state index contributed by atoms with van der Waals surface area (Å²) in [6.07, 6.45) is 2.26. The molecule has 1 aliphatic rings. The molecule has 1 heterocycles. The van der Waals surface area contributed by atoms with Crippen LogP contribution < -0.4 is 0 Å². The molecule has 3 rings (SSSR count). The molecule has 0 unspecified atom stereocenters. The number of thiol groups is 1. The quantitative estimate of drug-likeness (QED) is 0.865. The Morgan fingerprint density at radius 3 is 2.65 bits per heavy atom. The molecular weight excluding hydrogens is 298 g/mol. The van der Waals surface area contributed by atoms with Gasteiger partial charge in [0.15, 0.2) is 5.16 Å². The van der Waals surface area contributed by atoms with Gasteiger partial charge >= 0.3 is 0 Å². The topological polar surface area (TPSA) is 30.7 Å². The van der Waals surface area contributed by atoms with E-state index in [1.54, 1.807) is 0 Å². The number of hydrogen-bond acceptors (Lipinski definition) is 3. The van der Waals surface area contributed by atoms with Crippen molar-refractivity contribution < 1.29 is 0 Å². The average molecular weight is 310 g/mol. The first-order chi connectivity index (χ1) is 8.13. The summed E-state index contributed by atoms with van der Waals surface area (Å²) in [6.45, 7) is 0. The van der Waals surface area contributed by atoms with E-state index < -0.39 is 0 Å². The van der Waals surface area contributed by atoms with E-state index in [1.807, 2.05) is 17.7 Å². The van der Waals surface area contributed by atoms with E-state index in [0.717, 1.165) is 23.1 Å². The summed E-state index contributed by atoms with van der Waals surface area (Å²) in [7, 11) is 1.97. The molecule has 0 atom stereocenters. The Labute approximate surface area is 114 Å². The lowest BCUT2D eigenvalue weighted by molar-refractivity contribution is 0.667. The van der Waals surface area contributed by atoms with Crippen LogP contribution in [0.3, 0.4) is 0 Å². The van der Waals surface area contributed by atoms with Crippen LogP contribution in [0.15, 0.2) is 33.9 Å². The van der Waals surface area contributed by atoms with Gasteiger partial charge < -0.3 is 4.57 Å². The Morgan fingerprint density at radius 1 is 1.35 bits per heavy atom. The summed E-state index contributed by atoms with van der Waals surface area (Å²) in [5.41, 5.74) is 1.35. The Hall–Kier alpha value is -0.810. The predicted molar refractivity (Wildman–Crippen MR) is 72.4 cm³/mol. The van der Waals surface area contributed by atoms with Crippen molar-refractivity contribution in [2.75, 3.05) is 0 Å². The van der Waals surface area contributed by atoms with E-state index in [2.05, 4.69) is 57.0 Å². The highest BCUT2D eigenvalue weighted by atomic mass is 79.9. The van der Waals surface area contributed by atoms with E-state index in [9.17, 15) is 0 Å². The molecule has 2 aromatic rings. The first-order valence-electron chi connectivity index (χ1n) is 5.48. The lowest BCUT2D eigenvalue weighted by atomic mass is 9.95. The fourth-order valence-corrected chi connectivity index (χ4v) is 2.83. The maximum Gasteiger partial charge on any atom is 0.187 e. The second-order valence-corrected chi connectivity index (χ2v) is 5.79. The molecule has 0 amide bonds. The first kappa shape index (κ1) is 11.3. The van der Waals surface area contributed by atoms with Gasteiger partial charge in [0.2, 0.25) is 0 Å². The van der Waals surface area contributed by atoms with Crippen LogP contribution in [0.25, 0.3) is 0 Å². The van der Waals surface area contributed by atoms with Crippen LogP contribution in [-0.2, 0) is 12.5 Å². The zero-order chi connectivity index (χ0) is 12.0. The highest BCUT2D eigenvalue weighted by molar-refractivity contribution is 9.10. The molecule has 88 valence electrons. The fourth-order valence-electron chi connectivity index (χ4n) is 2.29. The molecule has 1 saturated carbocycles. The maximum absolute atomic E-state index is 4.29. The summed E-state index contributed by atoms with van der Waals surface area (Å²) in [5.74, 6) is 1.01. The molecule has 1 aliphatic carbocycles. The normalized spacial score (nSPS) is 17.1. The molecule has 0 bridgehead atoms. The number of halogens is 1. The van der Waals surface area contributed by atoms with Gasteiger partial charge in [-0.25, -0.2) is 0 Å². The van der Waals surface area contributed by atoms with Crippen LogP contribution in [-0.4, -0.2) is 14.8 Å². The zero-order valence-corrected chi connectivity index (χ0v) is 11.9. The molecule has 1 aromatic heterocycles. The second kappa shape index (κ2) is 3.85. The Kier molecular flexibility index (Phi) is 2.56. The van der Waals surface area contributed by atoms with Gasteiger partial charge in [0.05, 0.1) is 5.41 Å². The van der Waals surface area contributed by atoms with Crippen molar-refractivity contribution in [2.24, 2.45) is 7.05 Å². The summed E-state index contributed by atoms with van der Waals surface area (Å²) in [4.78, 5) is 0. The van der Waals surface area contributed by atoms with Gasteiger partial charge in [0.1, 0.15) is 5.82 Å². The third-order valence-corrected chi connectivity index (χ3v) is 4.29. The molecule has 0 N–H and O–H groups in total. The van der Waals surface area contributed by atoms with Crippen molar-refractivity contribution in [3.8, 4) is 0 Å². The minimum atomic E-state index is 0.0481. The van der Waals surface area contributed by atoms with Crippen molar-refractivity contribution in [1.82, 2.24) is 14.8 Å². The van der Waals surface area contributed by atoms with Crippen LogP contribution in [0, 0.1) is 0 Å². The second-order valence-electron chi connectivity index (χ2n) is 4.48. The third-order valence-electron chi connectivity index (χ3n) is 3.41. The van der Waals surface area contributed by atoms with E-state index >= 15 is 0 Å². The number of rotatable bonds is 2. The Morgan fingerprint density at radius 2 is 2.12 bits per heavy atom. The number of hydrogen-bond donors (Lipinski definition) is 1. The SMILES string of the molecule is Cn1c(S)nnc1C1(c2cccc(Br)c2)CC1. The van der Waals surface area contributed by atoms with Crippen molar-refractivity contribution >= 4 is 28.6 Å². The predicted octanol–water partition coefficient (Wildman–Crippen LogP) is 2.95. The Balaban J connectivity index is 2.11. The molecule has 0 saturated heterocycles. The number of aromatic nitrogens is 3. The van der Waals surface area contributed by atoms with Crippen molar-refractivity contribution in [3.05, 3.63) is 40.1 Å². The molecular formula is C12H12BrN3S. The molecule has 5 heteroatoms. The number of benzene rings is 1. The van der Waals surface area contributed by atoms with Crippen LogP contribution in [0.2, 0.25) is 0 Å². The third kappa shape index (κ3) is 1.72. The molecule has 1 aromatic carbocycles. The summed E-state index contributed by atoms with van der Waals surface area (Å²) < 4.78 is 3.08. The standard InChI is InChI=1S/C12H12BrN3S/c1-16-10(14-15-11(16)17)12(5-6-12)8-3-2-4-9(13)7-8/h2-4,7H,5-6H2,1H3,(H,15,17). The summed E-state index contributed by atoms with van der Waals surface area (Å²) >= 11 is 7.81. The highest BCUT2D eigenvalue weighted by Gasteiger charge is 2.49. The van der Waals surface area contributed by atoms with Gasteiger partial charge in [0.25, 0.3) is 0 Å². The smallest absolute Gasteiger partial charge is 0.187 e. The van der Waals surface area contributed by atoms with Crippen molar-refractivity contribution in [2.45, 2.75) is 23.4 Å². The molecule has 3 nitrogen and oxygen atoms in total. The average Bonchev–Trinajstić information content (AvgIpc) is 3.04. The molecule has 1 fully saturated rings. The lowest BCUT2D eigenvalue weighted by Crippen LogP contribution is -2.15. The van der Waals surface area contributed by atoms with Gasteiger partial charge in [0, 0.05) is 11.5 Å². The van der Waals surface area contributed by atoms with E-state index in [0.29, 0.717) is 5.16 Å². The zero-order valence-electron chi connectivity index (χ0n) is 9.39. The molecule has 0 aliphatic heterocycles. The maximum atomic E-state index is 4.29. The monoisotopic (exact) mass is 309 g/mol. The van der Waals surface area contributed by atoms with E-state index in [1.165, 1.54) is 5.56 Å². The minimum absolute atomic E-state index is 0.0481. The van der Waals surface area contributed by atoms with Gasteiger partial charge in [-0.1, -0.05) is 28.1 Å². The van der Waals surface area contributed by atoms with Gasteiger partial charge in [-0.2, -0.15) is 0 Å². The lowest BCUT2D eigenvalue weighted by Gasteiger charge is -2.15. The van der Waals surface area contributed by atoms with Crippen LogP contribution in [0.5, 0.6) is 0 Å². The molecule has 17 heavy (non-hydrogen) atoms. The number of nitrogens with zero attached hydrogens (tertiary/aromatic N) is 3. The molecule has 0 spiro atoms. The van der Waals surface area contributed by atoms with Crippen LogP contribution in [0.1, 0.15) is 24.2 Å². The highest BCUT2D eigenvalue weighted by Crippen LogP contribution is 2.53. The van der Waals surface area contributed by atoms with Gasteiger partial charge in [-0.15, -0.1) is 22.8 Å². The first-order valence-corrected chi connectivity index (χ1v) is 6.72. The fraction of sp³-hybridized carbons (Fsp3) is 0.333. The molecule has 0 radical (unpaired) electrons. The minimum Gasteiger partial charge on any atom is -0.309 e.